The first-order valence-corrected chi connectivity index (χ1v) is 6.70. The van der Waals surface area contributed by atoms with E-state index < -0.39 is 0 Å². The lowest BCUT2D eigenvalue weighted by molar-refractivity contribution is -0.0390. The Bertz CT molecular complexity index is 351. The van der Waals surface area contributed by atoms with Gasteiger partial charge in [0.25, 0.3) is 0 Å². The zero-order chi connectivity index (χ0) is 13.6. The van der Waals surface area contributed by atoms with Crippen LogP contribution in [0.5, 0.6) is 0 Å². The molecular weight excluding hydrogens is 226 g/mol. The molecule has 0 saturated carbocycles. The summed E-state index contributed by atoms with van der Waals surface area (Å²) in [5.74, 6) is 0.764. The Morgan fingerprint density at radius 2 is 1.89 bits per heavy atom. The molecule has 1 N–H and O–H groups in total. The zero-order valence-electron chi connectivity index (χ0n) is 12.2. The smallest absolute Gasteiger partial charge is 0.159 e. The van der Waals surface area contributed by atoms with Crippen molar-refractivity contribution in [1.82, 2.24) is 15.3 Å². The third-order valence-electron chi connectivity index (χ3n) is 3.03. The molecule has 1 aromatic heterocycles. The molecule has 0 saturated heterocycles. The highest BCUT2D eigenvalue weighted by Gasteiger charge is 2.27. The first-order chi connectivity index (χ1) is 8.51. The van der Waals surface area contributed by atoms with E-state index in [0.717, 1.165) is 24.4 Å². The standard InChI is InChI=1S/C14H25N3O/c1-6-14(5,18-7-2)13-16-9-12(10-17-13)8-15-11(3)4/h9-11,15H,6-8H2,1-5H3. The van der Waals surface area contributed by atoms with Gasteiger partial charge in [-0.1, -0.05) is 20.8 Å². The van der Waals surface area contributed by atoms with E-state index in [1.807, 2.05) is 26.2 Å². The van der Waals surface area contributed by atoms with E-state index in [2.05, 4.69) is 36.1 Å². The summed E-state index contributed by atoms with van der Waals surface area (Å²) in [5, 5.41) is 3.35. The number of ether oxygens (including phenoxy) is 1. The normalized spacial score (nSPS) is 14.8. The van der Waals surface area contributed by atoms with Crippen LogP contribution in [-0.2, 0) is 16.9 Å². The van der Waals surface area contributed by atoms with Crippen LogP contribution in [0.25, 0.3) is 0 Å². The van der Waals surface area contributed by atoms with Gasteiger partial charge in [-0.15, -0.1) is 0 Å². The van der Waals surface area contributed by atoms with E-state index in [-0.39, 0.29) is 5.60 Å². The van der Waals surface area contributed by atoms with Crippen molar-refractivity contribution in [3.63, 3.8) is 0 Å². The van der Waals surface area contributed by atoms with Gasteiger partial charge in [0.05, 0.1) is 0 Å². The Balaban J connectivity index is 2.74. The van der Waals surface area contributed by atoms with Gasteiger partial charge in [-0.3, -0.25) is 0 Å². The van der Waals surface area contributed by atoms with Gasteiger partial charge in [0.2, 0.25) is 0 Å². The summed E-state index contributed by atoms with van der Waals surface area (Å²) in [7, 11) is 0. The minimum absolute atomic E-state index is 0.376. The van der Waals surface area contributed by atoms with Crippen LogP contribution >= 0.6 is 0 Å². The lowest BCUT2D eigenvalue weighted by atomic mass is 10.0. The molecule has 18 heavy (non-hydrogen) atoms. The van der Waals surface area contributed by atoms with E-state index in [4.69, 9.17) is 4.74 Å². The zero-order valence-corrected chi connectivity index (χ0v) is 12.2. The van der Waals surface area contributed by atoms with Gasteiger partial charge < -0.3 is 10.1 Å². The molecule has 1 unspecified atom stereocenters. The summed E-state index contributed by atoms with van der Waals surface area (Å²) in [5.41, 5.74) is 0.723. The SMILES string of the molecule is CCOC(C)(CC)c1ncc(CNC(C)C)cn1. The fraction of sp³-hybridized carbons (Fsp3) is 0.714. The molecule has 0 aromatic carbocycles. The molecule has 0 aliphatic heterocycles. The molecular formula is C14H25N3O. The Hall–Kier alpha value is -1.00. The van der Waals surface area contributed by atoms with Gasteiger partial charge in [0.1, 0.15) is 5.60 Å². The second-order valence-corrected chi connectivity index (χ2v) is 4.97. The lowest BCUT2D eigenvalue weighted by Gasteiger charge is -2.26. The first kappa shape index (κ1) is 15.1. The Morgan fingerprint density at radius 3 is 2.33 bits per heavy atom. The van der Waals surface area contributed by atoms with Gasteiger partial charge >= 0.3 is 0 Å². The predicted molar refractivity (Wildman–Crippen MR) is 73.3 cm³/mol. The largest absolute Gasteiger partial charge is 0.368 e. The van der Waals surface area contributed by atoms with Crippen LogP contribution in [0.3, 0.4) is 0 Å². The Labute approximate surface area is 110 Å². The van der Waals surface area contributed by atoms with Crippen molar-refractivity contribution >= 4 is 0 Å². The topological polar surface area (TPSA) is 47.0 Å². The second kappa shape index (κ2) is 6.81. The van der Waals surface area contributed by atoms with Crippen molar-refractivity contribution < 1.29 is 4.74 Å². The monoisotopic (exact) mass is 251 g/mol. The molecule has 0 fully saturated rings. The van der Waals surface area contributed by atoms with E-state index in [1.54, 1.807) is 0 Å². The fourth-order valence-electron chi connectivity index (χ4n) is 1.68. The number of aromatic nitrogens is 2. The van der Waals surface area contributed by atoms with Crippen LogP contribution in [0, 0.1) is 0 Å². The third-order valence-corrected chi connectivity index (χ3v) is 3.03. The number of nitrogens with zero attached hydrogens (tertiary/aromatic N) is 2. The molecule has 4 heteroatoms. The minimum atomic E-state index is -0.376. The van der Waals surface area contributed by atoms with Crippen LogP contribution < -0.4 is 5.32 Å². The number of hydrogen-bond donors (Lipinski definition) is 1. The van der Waals surface area contributed by atoms with Gasteiger partial charge in [-0.2, -0.15) is 0 Å². The summed E-state index contributed by atoms with van der Waals surface area (Å²) in [4.78, 5) is 8.88. The Kier molecular flexibility index (Phi) is 5.69. The average Bonchev–Trinajstić information content (AvgIpc) is 2.37. The van der Waals surface area contributed by atoms with Gasteiger partial charge in [-0.05, 0) is 20.3 Å². The minimum Gasteiger partial charge on any atom is -0.368 e. The van der Waals surface area contributed by atoms with Crippen LogP contribution in [0.2, 0.25) is 0 Å². The number of rotatable bonds is 7. The molecule has 0 bridgehead atoms. The second-order valence-electron chi connectivity index (χ2n) is 4.97. The van der Waals surface area contributed by atoms with Gasteiger partial charge in [0.15, 0.2) is 5.82 Å². The summed E-state index contributed by atoms with van der Waals surface area (Å²) in [6, 6.07) is 0.467. The van der Waals surface area contributed by atoms with Gasteiger partial charge in [-0.25, -0.2) is 9.97 Å². The molecule has 1 atom stereocenters. The maximum atomic E-state index is 5.76. The van der Waals surface area contributed by atoms with Crippen molar-refractivity contribution in [3.8, 4) is 0 Å². The van der Waals surface area contributed by atoms with E-state index in [0.29, 0.717) is 12.6 Å². The lowest BCUT2D eigenvalue weighted by Crippen LogP contribution is -2.28. The highest BCUT2D eigenvalue weighted by atomic mass is 16.5. The molecule has 0 aliphatic rings. The van der Waals surface area contributed by atoms with Crippen LogP contribution in [0.15, 0.2) is 12.4 Å². The highest BCUT2D eigenvalue weighted by Crippen LogP contribution is 2.25. The van der Waals surface area contributed by atoms with Crippen molar-refractivity contribution in [3.05, 3.63) is 23.8 Å². The highest BCUT2D eigenvalue weighted by molar-refractivity contribution is 5.09. The summed E-state index contributed by atoms with van der Waals surface area (Å²) < 4.78 is 5.76. The van der Waals surface area contributed by atoms with Crippen molar-refractivity contribution in [2.75, 3.05) is 6.61 Å². The molecule has 0 radical (unpaired) electrons. The maximum Gasteiger partial charge on any atom is 0.159 e. The van der Waals surface area contributed by atoms with E-state index in [9.17, 15) is 0 Å². The number of hydrogen-bond acceptors (Lipinski definition) is 4. The summed E-state index contributed by atoms with van der Waals surface area (Å²) in [6.45, 7) is 11.8. The quantitative estimate of drug-likeness (QED) is 0.809. The summed E-state index contributed by atoms with van der Waals surface area (Å²) >= 11 is 0. The average molecular weight is 251 g/mol. The number of nitrogens with one attached hydrogen (secondary N) is 1. The van der Waals surface area contributed by atoms with Gasteiger partial charge in [0, 0.05) is 37.2 Å². The third kappa shape index (κ3) is 4.03. The molecule has 4 nitrogen and oxygen atoms in total. The van der Waals surface area contributed by atoms with Crippen molar-refractivity contribution in [2.45, 2.75) is 59.2 Å². The molecule has 102 valence electrons. The van der Waals surface area contributed by atoms with E-state index >= 15 is 0 Å². The van der Waals surface area contributed by atoms with E-state index in [1.165, 1.54) is 0 Å². The molecule has 1 rings (SSSR count). The maximum absolute atomic E-state index is 5.76. The molecule has 1 heterocycles. The van der Waals surface area contributed by atoms with Crippen LogP contribution in [0.1, 0.15) is 52.4 Å². The molecule has 1 aromatic rings. The first-order valence-electron chi connectivity index (χ1n) is 6.70. The van der Waals surface area contributed by atoms with Crippen molar-refractivity contribution in [2.24, 2.45) is 0 Å². The van der Waals surface area contributed by atoms with Crippen LogP contribution in [0.4, 0.5) is 0 Å². The molecule has 0 aliphatic carbocycles. The summed E-state index contributed by atoms with van der Waals surface area (Å²) in [6.07, 6.45) is 4.62. The van der Waals surface area contributed by atoms with Crippen molar-refractivity contribution in [1.29, 1.82) is 0 Å². The molecule has 0 amide bonds. The fourth-order valence-corrected chi connectivity index (χ4v) is 1.68. The molecule has 0 spiro atoms. The Morgan fingerprint density at radius 1 is 1.28 bits per heavy atom. The predicted octanol–water partition coefficient (Wildman–Crippen LogP) is 2.64. The van der Waals surface area contributed by atoms with Crippen LogP contribution in [-0.4, -0.2) is 22.6 Å².